The molecular weight excluding hydrogens is 725 g/mol. The molecule has 4 aromatic heterocycles. The second kappa shape index (κ2) is 12.7. The van der Waals surface area contributed by atoms with E-state index in [-0.39, 0.29) is 0 Å². The number of thiophene rings is 1. The summed E-state index contributed by atoms with van der Waals surface area (Å²) in [6.45, 7) is 6.20. The van der Waals surface area contributed by atoms with Crippen LogP contribution in [0, 0.1) is 6.92 Å². The molecule has 0 amide bonds. The van der Waals surface area contributed by atoms with Gasteiger partial charge in [0.15, 0.2) is 0 Å². The molecule has 58 heavy (non-hydrogen) atoms. The Labute approximate surface area is 339 Å². The van der Waals surface area contributed by atoms with Gasteiger partial charge in [0.1, 0.15) is 0 Å². The highest BCUT2D eigenvalue weighted by Crippen LogP contribution is 2.42. The summed E-state index contributed by atoms with van der Waals surface area (Å²) in [5.41, 5.74) is 12.5. The number of aryl methyl sites for hydroxylation is 2. The molecule has 7 aromatic carbocycles. The van der Waals surface area contributed by atoms with Crippen molar-refractivity contribution < 1.29 is 0 Å². The lowest BCUT2D eigenvalue weighted by atomic mass is 9.98. The largest absolute Gasteiger partial charge is 0.309 e. The van der Waals surface area contributed by atoms with Crippen molar-refractivity contribution in [2.75, 3.05) is 0 Å². The lowest BCUT2D eigenvalue weighted by molar-refractivity contribution is 0.966. The van der Waals surface area contributed by atoms with Gasteiger partial charge in [0.05, 0.1) is 27.8 Å². The molecule has 4 nitrogen and oxygen atoms in total. The molecular formula is C53H36N4S. The molecule has 5 heteroatoms. The van der Waals surface area contributed by atoms with E-state index in [0.717, 1.165) is 51.7 Å². The minimum atomic E-state index is 0.655. The molecule has 11 aromatic rings. The summed E-state index contributed by atoms with van der Waals surface area (Å²) in [6, 6.07) is 48.6. The molecule has 0 aliphatic heterocycles. The van der Waals surface area contributed by atoms with Gasteiger partial charge in [0.2, 0.25) is 5.95 Å². The first-order chi connectivity index (χ1) is 28.6. The number of hydrogen-bond acceptors (Lipinski definition) is 3. The topological polar surface area (TPSA) is 35.6 Å². The van der Waals surface area contributed by atoms with Crippen LogP contribution in [0.1, 0.15) is 28.8 Å². The predicted octanol–water partition coefficient (Wildman–Crippen LogP) is 14.3. The number of hydrogen-bond donors (Lipinski definition) is 0. The summed E-state index contributed by atoms with van der Waals surface area (Å²) in [4.78, 5) is 10.9. The minimum absolute atomic E-state index is 0.655. The number of benzene rings is 7. The Bertz CT molecular complexity index is 3610. The molecule has 0 bridgehead atoms. The van der Waals surface area contributed by atoms with Gasteiger partial charge in [-0.1, -0.05) is 128 Å². The van der Waals surface area contributed by atoms with Crippen LogP contribution in [0.15, 0.2) is 158 Å². The highest BCUT2D eigenvalue weighted by Gasteiger charge is 2.24. The van der Waals surface area contributed by atoms with Crippen molar-refractivity contribution in [3.05, 3.63) is 181 Å². The molecule has 1 aliphatic carbocycles. The third-order valence-corrected chi connectivity index (χ3v) is 13.2. The molecule has 1 aliphatic rings. The molecule has 0 radical (unpaired) electrons. The number of aromatic nitrogens is 4. The van der Waals surface area contributed by atoms with Gasteiger partial charge < -0.3 is 4.57 Å². The fourth-order valence-electron chi connectivity index (χ4n) is 9.48. The fraction of sp³-hybridized carbons (Fsp3) is 0.0566. The molecule has 4 heterocycles. The van der Waals surface area contributed by atoms with Gasteiger partial charge in [-0.3, -0.25) is 4.57 Å². The molecule has 0 fully saturated rings. The van der Waals surface area contributed by atoms with Crippen LogP contribution in [0.2, 0.25) is 0 Å². The summed E-state index contributed by atoms with van der Waals surface area (Å²) in [5.74, 6) is 0.655. The van der Waals surface area contributed by atoms with Crippen molar-refractivity contribution in [1.29, 1.82) is 0 Å². The van der Waals surface area contributed by atoms with Crippen molar-refractivity contribution in [2.24, 2.45) is 0 Å². The number of rotatable bonds is 5. The van der Waals surface area contributed by atoms with E-state index < -0.39 is 0 Å². The van der Waals surface area contributed by atoms with Crippen LogP contribution in [0.25, 0.3) is 110 Å². The third-order valence-electron chi connectivity index (χ3n) is 12.1. The van der Waals surface area contributed by atoms with E-state index in [0.29, 0.717) is 5.95 Å². The van der Waals surface area contributed by atoms with E-state index in [2.05, 4.69) is 174 Å². The molecule has 274 valence electrons. The molecule has 0 spiro atoms. The average molecular weight is 761 g/mol. The second-order valence-corrected chi connectivity index (χ2v) is 16.4. The van der Waals surface area contributed by atoms with Crippen molar-refractivity contribution in [2.45, 2.75) is 19.8 Å². The van der Waals surface area contributed by atoms with Crippen LogP contribution in [-0.2, 0) is 6.42 Å². The summed E-state index contributed by atoms with van der Waals surface area (Å²) in [5, 5.41) is 9.70. The Balaban J connectivity index is 1.17. The lowest BCUT2D eigenvalue weighted by Crippen LogP contribution is -2.05. The van der Waals surface area contributed by atoms with Gasteiger partial charge >= 0.3 is 0 Å². The van der Waals surface area contributed by atoms with Crippen molar-refractivity contribution in [1.82, 2.24) is 19.1 Å². The first kappa shape index (κ1) is 33.1. The Morgan fingerprint density at radius 1 is 0.672 bits per heavy atom. The molecule has 0 N–H and O–H groups in total. The Morgan fingerprint density at radius 2 is 1.47 bits per heavy atom. The number of para-hydroxylation sites is 1. The van der Waals surface area contributed by atoms with Crippen LogP contribution in [-0.4, -0.2) is 19.1 Å². The van der Waals surface area contributed by atoms with E-state index in [1.54, 1.807) is 0 Å². The smallest absolute Gasteiger partial charge is 0.235 e. The molecule has 0 saturated carbocycles. The van der Waals surface area contributed by atoms with Crippen LogP contribution in [0.4, 0.5) is 0 Å². The summed E-state index contributed by atoms with van der Waals surface area (Å²) in [7, 11) is 0. The fourth-order valence-corrected chi connectivity index (χ4v) is 10.6. The quantitative estimate of drug-likeness (QED) is 0.164. The van der Waals surface area contributed by atoms with Crippen LogP contribution in [0.5, 0.6) is 0 Å². The van der Waals surface area contributed by atoms with Crippen LogP contribution < -0.4 is 0 Å². The monoisotopic (exact) mass is 760 g/mol. The van der Waals surface area contributed by atoms with E-state index in [1.807, 2.05) is 23.5 Å². The minimum Gasteiger partial charge on any atom is -0.309 e. The predicted molar refractivity (Wildman–Crippen MR) is 248 cm³/mol. The molecule has 12 rings (SSSR count). The second-order valence-electron chi connectivity index (χ2n) is 15.3. The maximum absolute atomic E-state index is 5.55. The summed E-state index contributed by atoms with van der Waals surface area (Å²) in [6.07, 6.45) is 12.8. The molecule has 0 saturated heterocycles. The average Bonchev–Trinajstić information content (AvgIpc) is 3.93. The van der Waals surface area contributed by atoms with Gasteiger partial charge in [-0.05, 0) is 84.1 Å². The number of allylic oxidation sites excluding steroid dienone is 3. The Hall–Kier alpha value is -7.08. The molecule has 0 unspecified atom stereocenters. The zero-order valence-corrected chi connectivity index (χ0v) is 32.7. The van der Waals surface area contributed by atoms with E-state index >= 15 is 0 Å². The maximum Gasteiger partial charge on any atom is 0.235 e. The Kier molecular flexibility index (Phi) is 7.26. The van der Waals surface area contributed by atoms with Crippen molar-refractivity contribution in [3.63, 3.8) is 0 Å². The number of nitrogens with zero attached hydrogens (tertiary/aromatic N) is 4. The zero-order valence-electron chi connectivity index (χ0n) is 31.9. The van der Waals surface area contributed by atoms with Crippen molar-refractivity contribution >= 4 is 98.0 Å². The standard InChI is InChI=1S/C53H36N4S/c1-3-4-14-36-32(2)22-26-41-38-16-8-11-20-45(38)56(52(36)41)35-25-28-43-47(31-35)57(46-29-24-33-13-5-6-15-37(33)50(43)46)53-54-44-19-10-7-18-42(44)51(55-53)34-23-27-40-39-17-9-12-21-48(39)58-49(40)30-34/h3-7,9-15,17-31H,1,8,16H2,2H3/b14-4-. The van der Waals surface area contributed by atoms with E-state index in [4.69, 9.17) is 9.97 Å². The maximum atomic E-state index is 5.55. The highest BCUT2D eigenvalue weighted by molar-refractivity contribution is 7.25. The van der Waals surface area contributed by atoms with Gasteiger partial charge in [-0.25, -0.2) is 9.97 Å². The highest BCUT2D eigenvalue weighted by atomic mass is 32.1. The zero-order chi connectivity index (χ0) is 38.5. The first-order valence-corrected chi connectivity index (χ1v) is 20.7. The van der Waals surface area contributed by atoms with Crippen LogP contribution >= 0.6 is 11.3 Å². The molecule has 0 atom stereocenters. The van der Waals surface area contributed by atoms with E-state index in [1.165, 1.54) is 75.0 Å². The lowest BCUT2D eigenvalue weighted by Gasteiger charge is -2.15. The van der Waals surface area contributed by atoms with Gasteiger partial charge in [-0.2, -0.15) is 0 Å². The SMILES string of the molecule is C=C/C=C\c1c(C)ccc2c3c(n(-c4ccc5c6c7ccccc7ccc6n(-c6nc(-c7ccc8c(c7)sc7ccccc78)c7ccccc7n6)c5c4)c12)C=CCC3. The Morgan fingerprint density at radius 3 is 2.38 bits per heavy atom. The summed E-state index contributed by atoms with van der Waals surface area (Å²) < 4.78 is 7.32. The summed E-state index contributed by atoms with van der Waals surface area (Å²) >= 11 is 1.83. The number of fused-ring (bicyclic) bond motifs is 12. The van der Waals surface area contributed by atoms with Crippen molar-refractivity contribution in [3.8, 4) is 22.9 Å². The third kappa shape index (κ3) is 4.80. The van der Waals surface area contributed by atoms with Gasteiger partial charge in [0.25, 0.3) is 0 Å². The van der Waals surface area contributed by atoms with Gasteiger partial charge in [0, 0.05) is 64.2 Å². The van der Waals surface area contributed by atoms with Crippen LogP contribution in [0.3, 0.4) is 0 Å². The normalized spacial score (nSPS) is 13.1. The van der Waals surface area contributed by atoms with E-state index in [9.17, 15) is 0 Å². The first-order valence-electron chi connectivity index (χ1n) is 19.9. The van der Waals surface area contributed by atoms with Gasteiger partial charge in [-0.15, -0.1) is 11.3 Å².